The van der Waals surface area contributed by atoms with Crippen molar-refractivity contribution >= 4 is 11.7 Å². The van der Waals surface area contributed by atoms with E-state index < -0.39 is 0 Å². The number of carbonyl (C=O) groups excluding carboxylic acids is 1. The molecule has 0 saturated carbocycles. The Hall–Kier alpha value is -3.28. The summed E-state index contributed by atoms with van der Waals surface area (Å²) in [5.74, 6) is 1.74. The summed E-state index contributed by atoms with van der Waals surface area (Å²) in [6, 6.07) is 13.4. The molecule has 148 valence electrons. The van der Waals surface area contributed by atoms with Crippen molar-refractivity contribution in [2.45, 2.75) is 20.3 Å². The number of anilines is 1. The smallest absolute Gasteiger partial charge is 0.253 e. The lowest BCUT2D eigenvalue weighted by molar-refractivity contribution is 0.0767. The zero-order valence-electron chi connectivity index (χ0n) is 16.9. The molecule has 29 heavy (non-hydrogen) atoms. The van der Waals surface area contributed by atoms with Gasteiger partial charge in [0.05, 0.1) is 0 Å². The molecule has 1 saturated heterocycles. The maximum atomic E-state index is 12.8. The Morgan fingerprint density at radius 1 is 0.931 bits per heavy atom. The van der Waals surface area contributed by atoms with Gasteiger partial charge in [0.25, 0.3) is 5.91 Å². The van der Waals surface area contributed by atoms with E-state index in [1.165, 1.54) is 0 Å². The molecule has 0 aliphatic carbocycles. The van der Waals surface area contributed by atoms with Crippen LogP contribution in [0.5, 0.6) is 0 Å². The molecular weight excluding hydrogens is 362 g/mol. The van der Waals surface area contributed by atoms with Gasteiger partial charge in [-0.25, -0.2) is 9.97 Å². The van der Waals surface area contributed by atoms with Crippen LogP contribution in [0.2, 0.25) is 0 Å². The molecule has 3 heterocycles. The number of aryl methyl sites for hydroxylation is 1. The normalized spacial score (nSPS) is 14.6. The second kappa shape index (κ2) is 8.39. The fourth-order valence-corrected chi connectivity index (χ4v) is 3.64. The van der Waals surface area contributed by atoms with Gasteiger partial charge in [0.1, 0.15) is 5.82 Å². The molecule has 1 amide bonds. The summed E-state index contributed by atoms with van der Waals surface area (Å²) in [4.78, 5) is 30.8. The highest BCUT2D eigenvalue weighted by atomic mass is 16.2. The van der Waals surface area contributed by atoms with E-state index in [1.807, 2.05) is 54.3 Å². The minimum Gasteiger partial charge on any atom is -0.354 e. The number of hydrogen-bond acceptors (Lipinski definition) is 5. The van der Waals surface area contributed by atoms with Crippen molar-refractivity contribution < 1.29 is 4.79 Å². The van der Waals surface area contributed by atoms with Gasteiger partial charge in [0.2, 0.25) is 0 Å². The maximum Gasteiger partial charge on any atom is 0.253 e. The monoisotopic (exact) mass is 387 g/mol. The third-order valence-corrected chi connectivity index (χ3v) is 5.39. The Kier molecular flexibility index (Phi) is 5.51. The molecule has 6 heteroatoms. The summed E-state index contributed by atoms with van der Waals surface area (Å²) in [5.41, 5.74) is 3.71. The zero-order valence-corrected chi connectivity index (χ0v) is 16.9. The second-order valence-corrected chi connectivity index (χ2v) is 7.32. The molecule has 1 aromatic carbocycles. The van der Waals surface area contributed by atoms with E-state index in [9.17, 15) is 4.79 Å². The van der Waals surface area contributed by atoms with Gasteiger partial charge >= 0.3 is 0 Å². The van der Waals surface area contributed by atoms with Gasteiger partial charge in [-0.1, -0.05) is 18.2 Å². The van der Waals surface area contributed by atoms with E-state index in [1.54, 1.807) is 12.4 Å². The van der Waals surface area contributed by atoms with Gasteiger partial charge in [0, 0.05) is 61.0 Å². The molecule has 0 radical (unpaired) electrons. The van der Waals surface area contributed by atoms with Crippen LogP contribution in [0.25, 0.3) is 11.4 Å². The van der Waals surface area contributed by atoms with Crippen LogP contribution in [0.4, 0.5) is 5.82 Å². The van der Waals surface area contributed by atoms with Crippen molar-refractivity contribution in [1.82, 2.24) is 19.9 Å². The Bertz CT molecular complexity index is 991. The first-order chi connectivity index (χ1) is 14.1. The van der Waals surface area contributed by atoms with Crippen molar-refractivity contribution in [2.24, 2.45) is 0 Å². The summed E-state index contributed by atoms with van der Waals surface area (Å²) >= 11 is 0. The highest BCUT2D eigenvalue weighted by molar-refractivity contribution is 5.94. The number of pyridine rings is 1. The summed E-state index contributed by atoms with van der Waals surface area (Å²) in [5, 5.41) is 0. The van der Waals surface area contributed by atoms with E-state index in [4.69, 9.17) is 4.98 Å². The first-order valence-electron chi connectivity index (χ1n) is 9.98. The molecule has 3 aromatic rings. The number of nitrogens with zero attached hydrogens (tertiary/aromatic N) is 5. The molecular formula is C23H25N5O. The molecule has 0 spiro atoms. The maximum absolute atomic E-state index is 12.8. The van der Waals surface area contributed by atoms with E-state index in [-0.39, 0.29) is 5.91 Å². The topological polar surface area (TPSA) is 62.2 Å². The third-order valence-electron chi connectivity index (χ3n) is 5.39. The highest BCUT2D eigenvalue weighted by Gasteiger charge is 2.23. The predicted molar refractivity (Wildman–Crippen MR) is 114 cm³/mol. The van der Waals surface area contributed by atoms with Gasteiger partial charge in [-0.2, -0.15) is 0 Å². The average Bonchev–Trinajstić information content (AvgIpc) is 3.02. The lowest BCUT2D eigenvalue weighted by atomic mass is 10.2. The SMILES string of the molecule is Cc1nc(-c2cccnc2)nc(N2CCCN(C(=O)c3ccccc3)CC2)c1C. The Labute approximate surface area is 171 Å². The second-order valence-electron chi connectivity index (χ2n) is 7.32. The van der Waals surface area contributed by atoms with Crippen LogP contribution in [0.3, 0.4) is 0 Å². The number of aromatic nitrogens is 3. The van der Waals surface area contributed by atoms with E-state index in [0.29, 0.717) is 12.4 Å². The molecule has 4 rings (SSSR count). The first kappa shape index (κ1) is 19.1. The Morgan fingerprint density at radius 3 is 2.52 bits per heavy atom. The van der Waals surface area contributed by atoms with Crippen LogP contribution >= 0.6 is 0 Å². The molecule has 1 fully saturated rings. The first-order valence-corrected chi connectivity index (χ1v) is 9.98. The van der Waals surface area contributed by atoms with E-state index in [0.717, 1.165) is 54.3 Å². The molecule has 1 aliphatic rings. The van der Waals surface area contributed by atoms with Crippen LogP contribution in [-0.2, 0) is 0 Å². The number of hydrogen-bond donors (Lipinski definition) is 0. The van der Waals surface area contributed by atoms with Gasteiger partial charge in [-0.15, -0.1) is 0 Å². The molecule has 1 aliphatic heterocycles. The van der Waals surface area contributed by atoms with Crippen molar-refractivity contribution in [3.8, 4) is 11.4 Å². The molecule has 2 aromatic heterocycles. The van der Waals surface area contributed by atoms with Crippen molar-refractivity contribution in [1.29, 1.82) is 0 Å². The fraction of sp³-hybridized carbons (Fsp3) is 0.304. The van der Waals surface area contributed by atoms with Crippen LogP contribution in [0.15, 0.2) is 54.9 Å². The molecule has 0 bridgehead atoms. The van der Waals surface area contributed by atoms with Crippen molar-refractivity contribution in [3.63, 3.8) is 0 Å². The number of benzene rings is 1. The lowest BCUT2D eigenvalue weighted by Crippen LogP contribution is -2.35. The molecule has 0 unspecified atom stereocenters. The molecule has 0 atom stereocenters. The quantitative estimate of drug-likeness (QED) is 0.688. The zero-order chi connectivity index (χ0) is 20.2. The lowest BCUT2D eigenvalue weighted by Gasteiger charge is -2.25. The van der Waals surface area contributed by atoms with Gasteiger partial charge < -0.3 is 9.80 Å². The predicted octanol–water partition coefficient (Wildman–Crippen LogP) is 3.51. The Balaban J connectivity index is 1.56. The Morgan fingerprint density at radius 2 is 1.76 bits per heavy atom. The summed E-state index contributed by atoms with van der Waals surface area (Å²) in [7, 11) is 0. The van der Waals surface area contributed by atoms with Crippen LogP contribution in [-0.4, -0.2) is 51.9 Å². The summed E-state index contributed by atoms with van der Waals surface area (Å²) < 4.78 is 0. The van der Waals surface area contributed by atoms with E-state index >= 15 is 0 Å². The molecule has 0 N–H and O–H groups in total. The average molecular weight is 387 g/mol. The van der Waals surface area contributed by atoms with Crippen LogP contribution in [0, 0.1) is 13.8 Å². The van der Waals surface area contributed by atoms with Crippen molar-refractivity contribution in [2.75, 3.05) is 31.1 Å². The third kappa shape index (κ3) is 4.11. The largest absolute Gasteiger partial charge is 0.354 e. The summed E-state index contributed by atoms with van der Waals surface area (Å²) in [6.45, 7) is 7.13. The number of amides is 1. The number of rotatable bonds is 3. The molecule has 6 nitrogen and oxygen atoms in total. The van der Waals surface area contributed by atoms with Crippen molar-refractivity contribution in [3.05, 3.63) is 71.7 Å². The van der Waals surface area contributed by atoms with Gasteiger partial charge in [0.15, 0.2) is 5.82 Å². The van der Waals surface area contributed by atoms with Crippen LogP contribution in [0.1, 0.15) is 28.0 Å². The highest BCUT2D eigenvalue weighted by Crippen LogP contribution is 2.25. The fourth-order valence-electron chi connectivity index (χ4n) is 3.64. The standard InChI is InChI=1S/C23H25N5O/c1-17-18(2)25-21(20-10-6-11-24-16-20)26-22(17)27-12-7-13-28(15-14-27)23(29)19-8-4-3-5-9-19/h3-6,8-11,16H,7,12-15H2,1-2H3. The minimum absolute atomic E-state index is 0.0964. The van der Waals surface area contributed by atoms with Gasteiger partial charge in [-0.05, 0) is 44.5 Å². The minimum atomic E-state index is 0.0964. The summed E-state index contributed by atoms with van der Waals surface area (Å²) in [6.07, 6.45) is 4.44. The number of carbonyl (C=O) groups is 1. The van der Waals surface area contributed by atoms with Crippen LogP contribution < -0.4 is 4.90 Å². The van der Waals surface area contributed by atoms with Gasteiger partial charge in [-0.3, -0.25) is 9.78 Å². The van der Waals surface area contributed by atoms with E-state index in [2.05, 4.69) is 21.8 Å².